The number of methoxy groups -OCH3 is 1. The smallest absolute Gasteiger partial charge is 0.244 e. The quantitative estimate of drug-likeness (QED) is 0.751. The largest absolute Gasteiger partial charge is 0.496 e. The van der Waals surface area contributed by atoms with E-state index in [0.29, 0.717) is 11.6 Å². The number of para-hydroxylation sites is 1. The van der Waals surface area contributed by atoms with Gasteiger partial charge in [0.1, 0.15) is 11.7 Å². The number of aromatic nitrogens is 2. The molecule has 3 aromatic rings. The molecule has 1 aromatic carbocycles. The molecule has 2 aromatic heterocycles. The molecule has 2 atom stereocenters. The maximum Gasteiger partial charge on any atom is 0.244 e. The van der Waals surface area contributed by atoms with Crippen molar-refractivity contribution in [1.29, 1.82) is 10.7 Å². The highest BCUT2D eigenvalue weighted by atomic mass is 32.1. The molecule has 6 nitrogen and oxygen atoms in total. The third kappa shape index (κ3) is 2.39. The van der Waals surface area contributed by atoms with Gasteiger partial charge in [-0.15, -0.1) is 16.4 Å². The van der Waals surface area contributed by atoms with Gasteiger partial charge < -0.3 is 9.47 Å². The summed E-state index contributed by atoms with van der Waals surface area (Å²) in [4.78, 5) is 1.00. The van der Waals surface area contributed by atoms with Crippen molar-refractivity contribution in [3.63, 3.8) is 0 Å². The van der Waals surface area contributed by atoms with Crippen molar-refractivity contribution >= 4 is 17.2 Å². The SMILES string of the molecule is COc1ccccc1C1c2c(n[nH]c2-c2cccs2)OC(=N)C1C#N. The minimum absolute atomic E-state index is 0.102. The average molecular weight is 350 g/mol. The second-order valence-electron chi connectivity index (χ2n) is 5.59. The minimum Gasteiger partial charge on any atom is -0.496 e. The van der Waals surface area contributed by atoms with Crippen molar-refractivity contribution in [3.05, 3.63) is 52.9 Å². The molecule has 0 bridgehead atoms. The number of fused-ring (bicyclic) bond motifs is 1. The number of hydrogen-bond acceptors (Lipinski definition) is 6. The van der Waals surface area contributed by atoms with E-state index in [-0.39, 0.29) is 5.90 Å². The molecule has 2 N–H and O–H groups in total. The lowest BCUT2D eigenvalue weighted by atomic mass is 9.79. The summed E-state index contributed by atoms with van der Waals surface area (Å²) in [5.74, 6) is -0.231. The van der Waals surface area contributed by atoms with Gasteiger partial charge in [-0.1, -0.05) is 24.3 Å². The van der Waals surface area contributed by atoms with Crippen LogP contribution in [0, 0.1) is 22.7 Å². The van der Waals surface area contributed by atoms with Crippen LogP contribution in [0.4, 0.5) is 0 Å². The van der Waals surface area contributed by atoms with Crippen molar-refractivity contribution in [2.45, 2.75) is 5.92 Å². The first kappa shape index (κ1) is 15.4. The number of nitriles is 1. The third-order valence-corrected chi connectivity index (χ3v) is 5.17. The maximum atomic E-state index is 9.70. The van der Waals surface area contributed by atoms with Crippen molar-refractivity contribution in [1.82, 2.24) is 10.2 Å². The van der Waals surface area contributed by atoms with Gasteiger partial charge in [0.25, 0.3) is 0 Å². The lowest BCUT2D eigenvalue weighted by Crippen LogP contribution is -2.31. The molecule has 0 aliphatic carbocycles. The molecule has 0 radical (unpaired) electrons. The number of benzene rings is 1. The van der Waals surface area contributed by atoms with Gasteiger partial charge in [0.2, 0.25) is 11.8 Å². The fourth-order valence-corrected chi connectivity index (χ4v) is 3.92. The summed E-state index contributed by atoms with van der Waals surface area (Å²) in [6.07, 6.45) is 0. The number of rotatable bonds is 3. The van der Waals surface area contributed by atoms with E-state index in [1.807, 2.05) is 41.8 Å². The Bertz CT molecular complexity index is 971. The normalized spacial score (nSPS) is 19.0. The molecule has 2 unspecified atom stereocenters. The molecule has 0 saturated carbocycles. The molecule has 0 amide bonds. The van der Waals surface area contributed by atoms with E-state index in [4.69, 9.17) is 14.9 Å². The van der Waals surface area contributed by atoms with E-state index < -0.39 is 11.8 Å². The van der Waals surface area contributed by atoms with Crippen LogP contribution >= 0.6 is 11.3 Å². The Labute approximate surface area is 148 Å². The summed E-state index contributed by atoms with van der Waals surface area (Å²) >= 11 is 1.58. The van der Waals surface area contributed by atoms with Crippen molar-refractivity contribution in [2.75, 3.05) is 7.11 Å². The number of nitrogens with zero attached hydrogens (tertiary/aromatic N) is 2. The zero-order valence-electron chi connectivity index (χ0n) is 13.3. The lowest BCUT2D eigenvalue weighted by Gasteiger charge is -2.28. The second-order valence-corrected chi connectivity index (χ2v) is 6.54. The highest BCUT2D eigenvalue weighted by molar-refractivity contribution is 7.13. The summed E-state index contributed by atoms with van der Waals surface area (Å²) in [6, 6.07) is 13.7. The van der Waals surface area contributed by atoms with Crippen LogP contribution in [0.5, 0.6) is 11.6 Å². The van der Waals surface area contributed by atoms with Gasteiger partial charge in [-0.3, -0.25) is 10.5 Å². The summed E-state index contributed by atoms with van der Waals surface area (Å²) in [7, 11) is 1.60. The van der Waals surface area contributed by atoms with Gasteiger partial charge in [-0.05, 0) is 17.5 Å². The van der Waals surface area contributed by atoms with Crippen LogP contribution < -0.4 is 9.47 Å². The number of H-pyrrole nitrogens is 1. The second kappa shape index (κ2) is 6.07. The fourth-order valence-electron chi connectivity index (χ4n) is 3.19. The van der Waals surface area contributed by atoms with Crippen LogP contribution in [0.1, 0.15) is 17.0 Å². The number of nitrogens with one attached hydrogen (secondary N) is 2. The Hall–Kier alpha value is -3.11. The highest BCUT2D eigenvalue weighted by Gasteiger charge is 2.42. The lowest BCUT2D eigenvalue weighted by molar-refractivity contribution is 0.396. The van der Waals surface area contributed by atoms with Crippen LogP contribution in [0.15, 0.2) is 41.8 Å². The van der Waals surface area contributed by atoms with Gasteiger partial charge in [-0.25, -0.2) is 0 Å². The summed E-state index contributed by atoms with van der Waals surface area (Å²) in [5.41, 5.74) is 2.44. The summed E-state index contributed by atoms with van der Waals surface area (Å²) in [5, 5.41) is 27.1. The van der Waals surface area contributed by atoms with Crippen LogP contribution in [0.3, 0.4) is 0 Å². The van der Waals surface area contributed by atoms with Gasteiger partial charge in [0.05, 0.1) is 29.3 Å². The van der Waals surface area contributed by atoms with Gasteiger partial charge in [-0.2, -0.15) is 5.26 Å². The molecule has 0 saturated heterocycles. The zero-order chi connectivity index (χ0) is 17.4. The van der Waals surface area contributed by atoms with E-state index >= 15 is 0 Å². The monoisotopic (exact) mass is 350 g/mol. The molecule has 1 aliphatic heterocycles. The van der Waals surface area contributed by atoms with Crippen molar-refractivity contribution in [3.8, 4) is 28.3 Å². The Kier molecular flexibility index (Phi) is 3.75. The maximum absolute atomic E-state index is 9.70. The topological polar surface area (TPSA) is 94.8 Å². The van der Waals surface area contributed by atoms with Crippen molar-refractivity contribution < 1.29 is 9.47 Å². The zero-order valence-corrected chi connectivity index (χ0v) is 14.1. The number of thiophene rings is 1. The van der Waals surface area contributed by atoms with Crippen LogP contribution in [-0.2, 0) is 0 Å². The predicted molar refractivity (Wildman–Crippen MR) is 94.2 cm³/mol. The van der Waals surface area contributed by atoms with E-state index in [1.54, 1.807) is 18.4 Å². The molecule has 0 spiro atoms. The standard InChI is InChI=1S/C18H14N4O2S/c1-23-12-6-3-2-5-10(12)14-11(9-19)17(20)24-18-15(14)16(21-22-18)13-7-4-8-25-13/h2-8,11,14,20H,1H3,(H,21,22). The molecule has 124 valence electrons. The Morgan fingerprint density at radius 1 is 1.32 bits per heavy atom. The van der Waals surface area contributed by atoms with Gasteiger partial charge >= 0.3 is 0 Å². The third-order valence-electron chi connectivity index (χ3n) is 4.28. The van der Waals surface area contributed by atoms with Gasteiger partial charge in [0, 0.05) is 11.5 Å². The number of aromatic amines is 1. The summed E-state index contributed by atoms with van der Waals surface area (Å²) < 4.78 is 11.0. The molecule has 7 heteroatoms. The summed E-state index contributed by atoms with van der Waals surface area (Å²) in [6.45, 7) is 0. The first-order valence-corrected chi connectivity index (χ1v) is 8.53. The highest BCUT2D eigenvalue weighted by Crippen LogP contribution is 2.48. The molecular weight excluding hydrogens is 336 g/mol. The molecular formula is C18H14N4O2S. The molecule has 4 rings (SSSR count). The Morgan fingerprint density at radius 2 is 2.16 bits per heavy atom. The number of hydrogen-bond donors (Lipinski definition) is 2. The van der Waals surface area contributed by atoms with E-state index in [9.17, 15) is 5.26 Å². The minimum atomic E-state index is -0.750. The van der Waals surface area contributed by atoms with Crippen molar-refractivity contribution in [2.24, 2.45) is 5.92 Å². The van der Waals surface area contributed by atoms with E-state index in [2.05, 4.69) is 16.3 Å². The average Bonchev–Trinajstić information content (AvgIpc) is 3.29. The first-order valence-electron chi connectivity index (χ1n) is 7.65. The van der Waals surface area contributed by atoms with Crippen LogP contribution in [0.2, 0.25) is 0 Å². The first-order chi connectivity index (χ1) is 12.2. The number of ether oxygens (including phenoxy) is 2. The molecule has 25 heavy (non-hydrogen) atoms. The van der Waals surface area contributed by atoms with Crippen LogP contribution in [0.25, 0.3) is 10.6 Å². The predicted octanol–water partition coefficient (Wildman–Crippen LogP) is 3.79. The Balaban J connectivity index is 1.98. The van der Waals surface area contributed by atoms with Gasteiger partial charge in [0.15, 0.2) is 0 Å². The molecule has 3 heterocycles. The molecule has 1 aliphatic rings. The van der Waals surface area contributed by atoms with E-state index in [0.717, 1.165) is 21.7 Å². The fraction of sp³-hybridized carbons (Fsp3) is 0.167. The van der Waals surface area contributed by atoms with Crippen LogP contribution in [-0.4, -0.2) is 23.2 Å². The molecule has 0 fully saturated rings. The van der Waals surface area contributed by atoms with E-state index in [1.165, 1.54) is 0 Å². The Morgan fingerprint density at radius 3 is 2.88 bits per heavy atom.